The summed E-state index contributed by atoms with van der Waals surface area (Å²) in [6.45, 7) is 2.03. The fourth-order valence-corrected chi connectivity index (χ4v) is 1.78. The summed E-state index contributed by atoms with van der Waals surface area (Å²) < 4.78 is 0. The smallest absolute Gasteiger partial charge is 0.131 e. The highest BCUT2D eigenvalue weighted by Crippen LogP contribution is 2.22. The van der Waals surface area contributed by atoms with Gasteiger partial charge in [-0.3, -0.25) is 4.98 Å². The van der Waals surface area contributed by atoms with Crippen LogP contribution in [0.25, 0.3) is 0 Å². The van der Waals surface area contributed by atoms with Crippen LogP contribution in [0.1, 0.15) is 22.6 Å². The van der Waals surface area contributed by atoms with Crippen molar-refractivity contribution >= 4 is 6.29 Å². The molecule has 2 aromatic rings. The predicted molar refractivity (Wildman–Crippen MR) is 63.3 cm³/mol. The second-order valence-corrected chi connectivity index (χ2v) is 3.81. The van der Waals surface area contributed by atoms with Gasteiger partial charge in [-0.25, -0.2) is 0 Å². The second-order valence-electron chi connectivity index (χ2n) is 3.81. The van der Waals surface area contributed by atoms with Crippen molar-refractivity contribution in [2.45, 2.75) is 12.8 Å². The second kappa shape index (κ2) is 4.71. The Hall–Kier alpha value is -1.96. The summed E-state index contributed by atoms with van der Waals surface area (Å²) in [6.07, 6.45) is 4.40. The Kier molecular flexibility index (Phi) is 3.10. The summed E-state index contributed by atoms with van der Waals surface area (Å²) in [5.41, 5.74) is 3.18. The maximum Gasteiger partial charge on any atom is 0.131 e. The van der Waals surface area contributed by atoms with Crippen molar-refractivity contribution in [3.8, 4) is 0 Å². The van der Waals surface area contributed by atoms with E-state index >= 15 is 0 Å². The van der Waals surface area contributed by atoms with Crippen LogP contribution in [0.3, 0.4) is 0 Å². The highest BCUT2D eigenvalue weighted by molar-refractivity contribution is 5.68. The zero-order valence-corrected chi connectivity index (χ0v) is 9.13. The van der Waals surface area contributed by atoms with E-state index < -0.39 is 0 Å². The molecule has 0 fully saturated rings. The van der Waals surface area contributed by atoms with Gasteiger partial charge >= 0.3 is 0 Å². The van der Waals surface area contributed by atoms with E-state index in [1.54, 1.807) is 12.4 Å². The molecule has 0 N–H and O–H groups in total. The first-order valence-corrected chi connectivity index (χ1v) is 5.23. The topological polar surface area (TPSA) is 30.0 Å². The van der Waals surface area contributed by atoms with Crippen molar-refractivity contribution in [3.05, 3.63) is 65.5 Å². The average molecular weight is 211 g/mol. The van der Waals surface area contributed by atoms with Gasteiger partial charge in [0.1, 0.15) is 6.29 Å². The van der Waals surface area contributed by atoms with E-state index in [4.69, 9.17) is 0 Å². The van der Waals surface area contributed by atoms with Gasteiger partial charge in [-0.2, -0.15) is 0 Å². The molecule has 2 heteroatoms. The van der Waals surface area contributed by atoms with Crippen molar-refractivity contribution in [1.29, 1.82) is 0 Å². The van der Waals surface area contributed by atoms with E-state index in [1.165, 1.54) is 5.56 Å². The Balaban J connectivity index is 2.41. The zero-order valence-electron chi connectivity index (χ0n) is 9.13. The summed E-state index contributed by atoms with van der Waals surface area (Å²) in [6, 6.07) is 11.8. The van der Waals surface area contributed by atoms with Gasteiger partial charge in [0.2, 0.25) is 0 Å². The largest absolute Gasteiger partial charge is 0.302 e. The zero-order chi connectivity index (χ0) is 11.4. The third-order valence-electron chi connectivity index (χ3n) is 2.60. The number of aromatic nitrogens is 1. The SMILES string of the molecule is Cc1cccc(C(C=O)c2ccncc2)c1. The molecule has 0 amide bonds. The highest BCUT2D eigenvalue weighted by Gasteiger charge is 2.12. The molecule has 80 valence electrons. The van der Waals surface area contributed by atoms with Crippen LogP contribution in [0.15, 0.2) is 48.8 Å². The van der Waals surface area contributed by atoms with Crippen LogP contribution in [-0.4, -0.2) is 11.3 Å². The lowest BCUT2D eigenvalue weighted by atomic mass is 9.92. The number of hydrogen-bond donors (Lipinski definition) is 0. The standard InChI is InChI=1S/C14H13NO/c1-11-3-2-4-13(9-11)14(10-16)12-5-7-15-8-6-12/h2-10,14H,1H3. The van der Waals surface area contributed by atoms with Gasteiger partial charge in [-0.15, -0.1) is 0 Å². The maximum atomic E-state index is 11.2. The van der Waals surface area contributed by atoms with Crippen LogP contribution in [0, 0.1) is 6.92 Å². The molecule has 1 aromatic carbocycles. The Morgan fingerprint density at radius 1 is 1.12 bits per heavy atom. The number of carbonyl (C=O) groups is 1. The van der Waals surface area contributed by atoms with Gasteiger partial charge in [0.25, 0.3) is 0 Å². The molecule has 0 aliphatic rings. The summed E-state index contributed by atoms with van der Waals surface area (Å²) in [4.78, 5) is 15.2. The minimum Gasteiger partial charge on any atom is -0.302 e. The Labute approximate surface area is 95.0 Å². The van der Waals surface area contributed by atoms with Crippen LogP contribution in [0.2, 0.25) is 0 Å². The molecule has 16 heavy (non-hydrogen) atoms. The molecule has 1 atom stereocenters. The van der Waals surface area contributed by atoms with Crippen molar-refractivity contribution in [3.63, 3.8) is 0 Å². The molecular formula is C14H13NO. The lowest BCUT2D eigenvalue weighted by molar-refractivity contribution is -0.108. The molecule has 2 nitrogen and oxygen atoms in total. The minimum atomic E-state index is -0.192. The molecule has 1 aromatic heterocycles. The third kappa shape index (κ3) is 2.16. The van der Waals surface area contributed by atoms with Gasteiger partial charge in [-0.1, -0.05) is 29.8 Å². The summed E-state index contributed by atoms with van der Waals surface area (Å²) in [5, 5.41) is 0. The van der Waals surface area contributed by atoms with Crippen molar-refractivity contribution in [1.82, 2.24) is 4.98 Å². The fraction of sp³-hybridized carbons (Fsp3) is 0.143. The molecule has 2 rings (SSSR count). The van der Waals surface area contributed by atoms with Gasteiger partial charge in [-0.05, 0) is 30.2 Å². The van der Waals surface area contributed by atoms with E-state index in [9.17, 15) is 4.79 Å². The Morgan fingerprint density at radius 3 is 2.50 bits per heavy atom. The van der Waals surface area contributed by atoms with Crippen molar-refractivity contribution in [2.24, 2.45) is 0 Å². The van der Waals surface area contributed by atoms with Gasteiger partial charge in [0.05, 0.1) is 5.92 Å². The Morgan fingerprint density at radius 2 is 1.88 bits per heavy atom. The van der Waals surface area contributed by atoms with E-state index in [1.807, 2.05) is 43.3 Å². The molecule has 1 heterocycles. The third-order valence-corrected chi connectivity index (χ3v) is 2.60. The monoisotopic (exact) mass is 211 g/mol. The summed E-state index contributed by atoms with van der Waals surface area (Å²) >= 11 is 0. The van der Waals surface area contributed by atoms with E-state index in [-0.39, 0.29) is 5.92 Å². The highest BCUT2D eigenvalue weighted by atomic mass is 16.1. The van der Waals surface area contributed by atoms with Crippen LogP contribution >= 0.6 is 0 Å². The first-order valence-electron chi connectivity index (χ1n) is 5.23. The minimum absolute atomic E-state index is 0.192. The number of nitrogens with zero attached hydrogens (tertiary/aromatic N) is 1. The molecule has 1 unspecified atom stereocenters. The van der Waals surface area contributed by atoms with Gasteiger partial charge in [0, 0.05) is 12.4 Å². The molecule has 0 saturated carbocycles. The van der Waals surface area contributed by atoms with Crippen LogP contribution in [0.4, 0.5) is 0 Å². The van der Waals surface area contributed by atoms with E-state index in [2.05, 4.69) is 4.98 Å². The molecule has 0 bridgehead atoms. The number of benzene rings is 1. The number of aldehydes is 1. The summed E-state index contributed by atoms with van der Waals surface area (Å²) in [7, 11) is 0. The average Bonchev–Trinajstić information content (AvgIpc) is 2.31. The number of rotatable bonds is 3. The van der Waals surface area contributed by atoms with Gasteiger partial charge in [0.15, 0.2) is 0 Å². The van der Waals surface area contributed by atoms with Crippen molar-refractivity contribution < 1.29 is 4.79 Å². The van der Waals surface area contributed by atoms with Crippen molar-refractivity contribution in [2.75, 3.05) is 0 Å². The van der Waals surface area contributed by atoms with E-state index in [0.29, 0.717) is 0 Å². The fourth-order valence-electron chi connectivity index (χ4n) is 1.78. The predicted octanol–water partition coefficient (Wildman–Crippen LogP) is 2.72. The molecule has 0 spiro atoms. The number of carbonyl (C=O) groups excluding carboxylic acids is 1. The number of pyridine rings is 1. The summed E-state index contributed by atoms with van der Waals surface area (Å²) in [5.74, 6) is -0.192. The molecule has 0 aliphatic heterocycles. The Bertz CT molecular complexity index is 479. The van der Waals surface area contributed by atoms with Crippen LogP contribution in [-0.2, 0) is 4.79 Å². The quantitative estimate of drug-likeness (QED) is 0.731. The normalized spacial score (nSPS) is 12.1. The molecule has 0 radical (unpaired) electrons. The molecule has 0 saturated heterocycles. The van der Waals surface area contributed by atoms with Gasteiger partial charge < -0.3 is 4.79 Å². The maximum absolute atomic E-state index is 11.2. The first-order chi connectivity index (χ1) is 7.81. The lowest BCUT2D eigenvalue weighted by Crippen LogP contribution is -2.02. The molecule has 0 aliphatic carbocycles. The lowest BCUT2D eigenvalue weighted by Gasteiger charge is -2.11. The first kappa shape index (κ1) is 10.6. The number of aryl methyl sites for hydroxylation is 1. The van der Waals surface area contributed by atoms with Crippen LogP contribution in [0.5, 0.6) is 0 Å². The van der Waals surface area contributed by atoms with Crippen LogP contribution < -0.4 is 0 Å². The number of hydrogen-bond acceptors (Lipinski definition) is 2. The molecular weight excluding hydrogens is 198 g/mol. The van der Waals surface area contributed by atoms with E-state index in [0.717, 1.165) is 17.4 Å².